The Kier molecular flexibility index (Phi) is 3.33. The van der Waals surface area contributed by atoms with Gasteiger partial charge in [-0.2, -0.15) is 15.3 Å². The second-order valence-electron chi connectivity index (χ2n) is 5.11. The third-order valence-electron chi connectivity index (χ3n) is 3.54. The number of nitrogens with zero attached hydrogens (tertiary/aromatic N) is 5. The van der Waals surface area contributed by atoms with Gasteiger partial charge >= 0.3 is 0 Å². The van der Waals surface area contributed by atoms with Gasteiger partial charge < -0.3 is 4.98 Å². The van der Waals surface area contributed by atoms with Crippen molar-refractivity contribution >= 4 is 34.2 Å². The number of fused-ring (bicyclic) bond motifs is 3. The van der Waals surface area contributed by atoms with Gasteiger partial charge in [-0.05, 0) is 23.8 Å². The van der Waals surface area contributed by atoms with Crippen molar-refractivity contribution in [3.05, 3.63) is 59.7 Å². The Bertz CT molecular complexity index is 1090. The first-order valence-corrected chi connectivity index (χ1v) is 7.24. The van der Waals surface area contributed by atoms with E-state index in [2.05, 4.69) is 36.8 Å². The van der Waals surface area contributed by atoms with Crippen LogP contribution < -0.4 is 5.43 Å². The van der Waals surface area contributed by atoms with Gasteiger partial charge in [-0.1, -0.05) is 30.3 Å². The minimum atomic E-state index is 0.305. The summed E-state index contributed by atoms with van der Waals surface area (Å²) in [6, 6.07) is 17.0. The summed E-state index contributed by atoms with van der Waals surface area (Å²) >= 11 is 0. The second kappa shape index (κ2) is 5.78. The number of anilines is 1. The number of rotatable bonds is 3. The second-order valence-corrected chi connectivity index (χ2v) is 5.11. The Morgan fingerprint density at radius 1 is 1.08 bits per heavy atom. The number of hydrogen-bond acceptors (Lipinski definition) is 6. The molecule has 2 aromatic carbocycles. The Morgan fingerprint density at radius 3 is 2.75 bits per heavy atom. The lowest BCUT2D eigenvalue weighted by Crippen LogP contribution is -1.99. The first kappa shape index (κ1) is 13.8. The van der Waals surface area contributed by atoms with Crippen molar-refractivity contribution in [1.29, 1.82) is 5.26 Å². The molecule has 7 nitrogen and oxygen atoms in total. The summed E-state index contributed by atoms with van der Waals surface area (Å²) < 4.78 is 0. The highest BCUT2D eigenvalue weighted by molar-refractivity contribution is 6.03. The summed E-state index contributed by atoms with van der Waals surface area (Å²) in [6.45, 7) is 0. The molecule has 114 valence electrons. The van der Waals surface area contributed by atoms with Gasteiger partial charge in [0, 0.05) is 10.9 Å². The first-order chi connectivity index (χ1) is 11.8. The molecule has 2 aromatic heterocycles. The Balaban J connectivity index is 1.57. The molecule has 0 aliphatic heterocycles. The molecule has 0 spiro atoms. The van der Waals surface area contributed by atoms with E-state index in [-0.39, 0.29) is 0 Å². The molecular weight excluding hydrogens is 302 g/mol. The third kappa shape index (κ3) is 2.53. The van der Waals surface area contributed by atoms with Crippen LogP contribution in [-0.4, -0.2) is 26.4 Å². The number of para-hydroxylation sites is 1. The van der Waals surface area contributed by atoms with Gasteiger partial charge in [-0.25, -0.2) is 5.43 Å². The zero-order chi connectivity index (χ0) is 16.4. The molecule has 0 bridgehead atoms. The van der Waals surface area contributed by atoms with Gasteiger partial charge in [-0.3, -0.25) is 0 Å². The van der Waals surface area contributed by atoms with Crippen LogP contribution in [0.15, 0.2) is 53.6 Å². The molecule has 0 fully saturated rings. The normalized spacial score (nSPS) is 11.1. The van der Waals surface area contributed by atoms with E-state index >= 15 is 0 Å². The summed E-state index contributed by atoms with van der Waals surface area (Å²) in [5, 5.41) is 22.1. The minimum absolute atomic E-state index is 0.305. The predicted octanol–water partition coefficient (Wildman–Crippen LogP) is 2.82. The lowest BCUT2D eigenvalue weighted by atomic mass is 10.2. The van der Waals surface area contributed by atoms with E-state index in [4.69, 9.17) is 5.26 Å². The van der Waals surface area contributed by atoms with Crippen LogP contribution in [0, 0.1) is 11.3 Å². The maximum Gasteiger partial charge on any atom is 0.265 e. The number of aromatic amines is 1. The van der Waals surface area contributed by atoms with Crippen LogP contribution in [0.25, 0.3) is 22.1 Å². The molecule has 0 radical (unpaired) electrons. The van der Waals surface area contributed by atoms with Crippen molar-refractivity contribution in [2.75, 3.05) is 5.43 Å². The average Bonchev–Trinajstić information content (AvgIpc) is 3.00. The third-order valence-corrected chi connectivity index (χ3v) is 3.54. The quantitative estimate of drug-likeness (QED) is 0.447. The van der Waals surface area contributed by atoms with Crippen LogP contribution in [0.5, 0.6) is 0 Å². The zero-order valence-corrected chi connectivity index (χ0v) is 12.4. The van der Waals surface area contributed by atoms with Gasteiger partial charge in [0.05, 0.1) is 17.8 Å². The fourth-order valence-electron chi connectivity index (χ4n) is 2.38. The maximum atomic E-state index is 8.77. The monoisotopic (exact) mass is 313 g/mol. The van der Waals surface area contributed by atoms with Crippen LogP contribution in [0.4, 0.5) is 5.95 Å². The van der Waals surface area contributed by atoms with Gasteiger partial charge in [0.2, 0.25) is 0 Å². The highest BCUT2D eigenvalue weighted by Crippen LogP contribution is 2.21. The summed E-state index contributed by atoms with van der Waals surface area (Å²) in [5.74, 6) is 0.305. The molecule has 4 rings (SSSR count). The maximum absolute atomic E-state index is 8.77. The van der Waals surface area contributed by atoms with Crippen LogP contribution >= 0.6 is 0 Å². The predicted molar refractivity (Wildman–Crippen MR) is 91.6 cm³/mol. The molecule has 0 amide bonds. The van der Waals surface area contributed by atoms with Crippen molar-refractivity contribution in [1.82, 2.24) is 20.2 Å². The lowest BCUT2D eigenvalue weighted by molar-refractivity contribution is 1.01. The van der Waals surface area contributed by atoms with Crippen molar-refractivity contribution in [2.24, 2.45) is 5.10 Å². The van der Waals surface area contributed by atoms with Crippen LogP contribution in [0.3, 0.4) is 0 Å². The smallest absolute Gasteiger partial charge is 0.265 e. The molecule has 2 heterocycles. The number of nitriles is 1. The molecule has 0 atom stereocenters. The number of H-pyrrole nitrogens is 1. The number of hydrogen-bond donors (Lipinski definition) is 2. The largest absolute Gasteiger partial charge is 0.338 e. The van der Waals surface area contributed by atoms with Gasteiger partial charge in [0.1, 0.15) is 5.52 Å². The minimum Gasteiger partial charge on any atom is -0.338 e. The van der Waals surface area contributed by atoms with E-state index in [1.54, 1.807) is 18.3 Å². The van der Waals surface area contributed by atoms with Gasteiger partial charge in [0.25, 0.3) is 5.95 Å². The zero-order valence-electron chi connectivity index (χ0n) is 12.4. The molecule has 0 saturated heterocycles. The van der Waals surface area contributed by atoms with E-state index in [1.807, 2.05) is 36.4 Å². The molecule has 0 saturated carbocycles. The van der Waals surface area contributed by atoms with Crippen LogP contribution in [-0.2, 0) is 0 Å². The Labute approximate surface area is 136 Å². The summed E-state index contributed by atoms with van der Waals surface area (Å²) in [4.78, 5) is 7.58. The molecule has 24 heavy (non-hydrogen) atoms. The number of nitrogens with one attached hydrogen (secondary N) is 2. The molecule has 7 heteroatoms. The van der Waals surface area contributed by atoms with Crippen molar-refractivity contribution in [2.45, 2.75) is 0 Å². The number of benzene rings is 2. The number of aromatic nitrogens is 4. The Morgan fingerprint density at radius 2 is 1.92 bits per heavy atom. The topological polar surface area (TPSA) is 103 Å². The first-order valence-electron chi connectivity index (χ1n) is 7.24. The molecular formula is C17H11N7. The summed E-state index contributed by atoms with van der Waals surface area (Å²) in [7, 11) is 0. The van der Waals surface area contributed by atoms with Gasteiger partial charge in [-0.15, -0.1) is 10.2 Å². The van der Waals surface area contributed by atoms with Crippen LogP contribution in [0.1, 0.15) is 11.1 Å². The molecule has 0 aliphatic rings. The van der Waals surface area contributed by atoms with E-state index in [0.717, 1.165) is 22.0 Å². The van der Waals surface area contributed by atoms with E-state index in [9.17, 15) is 0 Å². The number of hydrazone groups is 1. The van der Waals surface area contributed by atoms with Crippen LogP contribution in [0.2, 0.25) is 0 Å². The SMILES string of the molecule is N#Cc1ccc(/C=N/Nc2nnc3c(n2)[nH]c2ccccc23)cc1. The molecule has 0 unspecified atom stereocenters. The van der Waals surface area contributed by atoms with Gasteiger partial charge in [0.15, 0.2) is 5.65 Å². The molecule has 2 N–H and O–H groups in total. The van der Waals surface area contributed by atoms with Crippen molar-refractivity contribution in [3.8, 4) is 6.07 Å². The summed E-state index contributed by atoms with van der Waals surface area (Å²) in [6.07, 6.45) is 1.62. The van der Waals surface area contributed by atoms with E-state index in [1.165, 1.54) is 0 Å². The standard InChI is InChI=1S/C17H11N7/c18-9-11-5-7-12(8-6-11)10-19-23-17-21-16-15(22-24-17)13-3-1-2-4-14(13)20-16/h1-8,10H,(H2,20,21,23,24)/b19-10+. The molecule has 4 aromatic rings. The lowest BCUT2D eigenvalue weighted by Gasteiger charge is -1.97. The molecule has 0 aliphatic carbocycles. The van der Waals surface area contributed by atoms with E-state index in [0.29, 0.717) is 17.2 Å². The van der Waals surface area contributed by atoms with Crippen molar-refractivity contribution < 1.29 is 0 Å². The summed E-state index contributed by atoms with van der Waals surface area (Å²) in [5.41, 5.74) is 6.58. The van der Waals surface area contributed by atoms with Crippen molar-refractivity contribution in [3.63, 3.8) is 0 Å². The fraction of sp³-hybridized carbons (Fsp3) is 0. The fourth-order valence-corrected chi connectivity index (χ4v) is 2.38. The highest BCUT2D eigenvalue weighted by atomic mass is 15.4. The Hall–Kier alpha value is -3.79. The highest BCUT2D eigenvalue weighted by Gasteiger charge is 2.07. The van der Waals surface area contributed by atoms with E-state index < -0.39 is 0 Å². The average molecular weight is 313 g/mol.